The van der Waals surface area contributed by atoms with Crippen LogP contribution in [-0.4, -0.2) is 30.5 Å². The van der Waals surface area contributed by atoms with Crippen molar-refractivity contribution < 1.29 is 13.2 Å². The van der Waals surface area contributed by atoms with Crippen molar-refractivity contribution >= 4 is 34.5 Å². The number of aryl methyl sites for hydroxylation is 1. The maximum absolute atomic E-state index is 9.67. The minimum Gasteiger partial charge on any atom is -0.399 e. The number of benzene rings is 2. The quantitative estimate of drug-likeness (QED) is 0.270. The van der Waals surface area contributed by atoms with Crippen LogP contribution in [0.2, 0.25) is 5.02 Å². The van der Waals surface area contributed by atoms with E-state index < -0.39 is 6.68 Å². The van der Waals surface area contributed by atoms with Crippen LogP contribution in [0, 0.1) is 5.41 Å². The molecule has 1 spiro atoms. The molecule has 2 aliphatic rings. The summed E-state index contributed by atoms with van der Waals surface area (Å²) in [5, 5.41) is 4.22. The van der Waals surface area contributed by atoms with Gasteiger partial charge in [0.1, 0.15) is 5.84 Å². The fourth-order valence-electron chi connectivity index (χ4n) is 4.57. The predicted molar refractivity (Wildman–Crippen MR) is 163 cm³/mol. The van der Waals surface area contributed by atoms with Gasteiger partial charge in [-0.25, -0.2) is 4.99 Å². The van der Waals surface area contributed by atoms with E-state index in [1.165, 1.54) is 31.2 Å². The molecule has 0 radical (unpaired) electrons. The molecule has 4 nitrogen and oxygen atoms in total. The topological polar surface area (TPSA) is 53.6 Å². The highest BCUT2D eigenvalue weighted by molar-refractivity contribution is 6.31. The number of nitrogens with one attached hydrogen (secondary N) is 1. The number of para-hydroxylation sites is 1. The fourth-order valence-corrected chi connectivity index (χ4v) is 4.81. The van der Waals surface area contributed by atoms with Gasteiger partial charge in [0.05, 0.1) is 5.69 Å². The number of hydrogen-bond acceptors (Lipinski definition) is 3. The molecule has 1 saturated heterocycles. The van der Waals surface area contributed by atoms with Gasteiger partial charge in [0.25, 0.3) is 0 Å². The first-order valence-corrected chi connectivity index (χ1v) is 14.3. The highest BCUT2D eigenvalue weighted by Crippen LogP contribution is 2.53. The van der Waals surface area contributed by atoms with Crippen molar-refractivity contribution in [3.05, 3.63) is 64.7 Å². The molecule has 1 heterocycles. The summed E-state index contributed by atoms with van der Waals surface area (Å²) >= 11 is 6.45. The van der Waals surface area contributed by atoms with E-state index in [-0.39, 0.29) is 0 Å². The predicted octanol–water partition coefficient (Wildman–Crippen LogP) is 9.60. The molecule has 0 bridgehead atoms. The SMILES string of the molecule is C=C(N)c1cc(Cl)cc(CNc2ccccc2CC)c1N=C(C)N1CCC2(CC1)CC2.CC.CC.FC(F)F. The van der Waals surface area contributed by atoms with Crippen LogP contribution in [0.15, 0.2) is 48.0 Å². The summed E-state index contributed by atoms with van der Waals surface area (Å²) in [6, 6.07) is 12.2. The molecule has 1 aliphatic heterocycles. The Bertz CT molecular complexity index is 1060. The summed E-state index contributed by atoms with van der Waals surface area (Å²) in [6.07, 6.45) is 6.34. The highest BCUT2D eigenvalue weighted by Gasteiger charge is 2.44. The van der Waals surface area contributed by atoms with Gasteiger partial charge in [-0.3, -0.25) is 0 Å². The number of nitrogens with two attached hydrogens (primary N) is 1. The zero-order valence-corrected chi connectivity index (χ0v) is 25.1. The number of rotatable bonds is 6. The Labute approximate surface area is 238 Å². The lowest BCUT2D eigenvalue weighted by molar-refractivity contribution is 0.00819. The number of halogens is 4. The molecular weight excluding hydrogens is 521 g/mol. The van der Waals surface area contributed by atoms with Crippen LogP contribution < -0.4 is 11.1 Å². The van der Waals surface area contributed by atoms with Crippen molar-refractivity contribution in [2.45, 2.75) is 86.9 Å². The number of nitrogens with zero attached hydrogens (tertiary/aromatic N) is 2. The van der Waals surface area contributed by atoms with Gasteiger partial charge < -0.3 is 16.0 Å². The summed E-state index contributed by atoms with van der Waals surface area (Å²) < 4.78 is 29.0. The van der Waals surface area contributed by atoms with Crippen molar-refractivity contribution in [1.82, 2.24) is 4.90 Å². The second kappa shape index (κ2) is 17.1. The lowest BCUT2D eigenvalue weighted by Crippen LogP contribution is -2.37. The Kier molecular flexibility index (Phi) is 15.1. The van der Waals surface area contributed by atoms with E-state index in [9.17, 15) is 13.2 Å². The minimum absolute atomic E-state index is 0.486. The number of likely N-dealkylation sites (tertiary alicyclic amines) is 1. The number of amidine groups is 1. The number of hydrogen-bond donors (Lipinski definition) is 2. The third kappa shape index (κ3) is 10.8. The van der Waals surface area contributed by atoms with Crippen molar-refractivity contribution in [2.24, 2.45) is 16.1 Å². The van der Waals surface area contributed by atoms with Gasteiger partial charge in [-0.05, 0) is 73.8 Å². The molecule has 0 aromatic heterocycles. The standard InChI is InChI=1S/C26H33ClN4.2C2H6.CHF3/c1-4-20-7-5-6-8-24(20)29-17-21-15-22(27)16-23(18(2)28)25(21)30-19(3)31-13-11-26(9-10-26)12-14-31;2*1-2;2-1(3)4/h5-8,15-16,29H,2,4,9-14,17,28H2,1,3H3;2*1-2H3;1H. The van der Waals surface area contributed by atoms with E-state index in [1.807, 2.05) is 39.8 Å². The monoisotopic (exact) mass is 566 g/mol. The Balaban J connectivity index is 0.000000856. The first kappa shape index (κ1) is 34.4. The maximum Gasteiger partial charge on any atom is 0.379 e. The smallest absolute Gasteiger partial charge is 0.379 e. The zero-order valence-electron chi connectivity index (χ0n) is 24.4. The van der Waals surface area contributed by atoms with Crippen LogP contribution in [-0.2, 0) is 13.0 Å². The Morgan fingerprint density at radius 2 is 1.62 bits per heavy atom. The molecule has 2 aromatic rings. The van der Waals surface area contributed by atoms with E-state index in [0.29, 0.717) is 22.7 Å². The third-order valence-electron chi connectivity index (χ3n) is 6.88. The van der Waals surface area contributed by atoms with Crippen LogP contribution in [0.5, 0.6) is 0 Å². The molecule has 0 atom stereocenters. The fraction of sp³-hybridized carbons (Fsp3) is 0.516. The number of alkyl halides is 3. The van der Waals surface area contributed by atoms with Gasteiger partial charge in [0, 0.05) is 41.6 Å². The molecule has 4 rings (SSSR count). The molecule has 0 unspecified atom stereocenters. The van der Waals surface area contributed by atoms with Crippen molar-refractivity contribution in [1.29, 1.82) is 0 Å². The molecule has 2 aromatic carbocycles. The summed E-state index contributed by atoms with van der Waals surface area (Å²) in [5.74, 6) is 1.04. The average Bonchev–Trinajstić information content (AvgIpc) is 3.69. The van der Waals surface area contributed by atoms with Crippen molar-refractivity contribution in [2.75, 3.05) is 18.4 Å². The van der Waals surface area contributed by atoms with Crippen LogP contribution in [0.1, 0.15) is 83.9 Å². The summed E-state index contributed by atoms with van der Waals surface area (Å²) in [6.45, 7) is 15.4. The number of aliphatic imine (C=N–C) groups is 1. The van der Waals surface area contributed by atoms with Crippen molar-refractivity contribution in [3.8, 4) is 0 Å². The molecule has 218 valence electrons. The number of anilines is 1. The first-order valence-electron chi connectivity index (χ1n) is 14.0. The molecule has 1 saturated carbocycles. The highest BCUT2D eigenvalue weighted by atomic mass is 35.5. The van der Waals surface area contributed by atoms with E-state index in [0.717, 1.165) is 47.8 Å². The van der Waals surface area contributed by atoms with Gasteiger partial charge in [-0.15, -0.1) is 0 Å². The Morgan fingerprint density at radius 3 is 2.13 bits per heavy atom. The third-order valence-corrected chi connectivity index (χ3v) is 7.10. The molecule has 2 fully saturated rings. The maximum atomic E-state index is 9.67. The second-order valence-corrected chi connectivity index (χ2v) is 9.68. The molecule has 3 N–H and O–H groups in total. The minimum atomic E-state index is -3.67. The normalized spacial score (nSPS) is 15.3. The Morgan fingerprint density at radius 1 is 1.05 bits per heavy atom. The Hall–Kier alpha value is -2.67. The summed E-state index contributed by atoms with van der Waals surface area (Å²) in [5.41, 5.74) is 12.4. The summed E-state index contributed by atoms with van der Waals surface area (Å²) in [4.78, 5) is 7.48. The molecule has 0 amide bonds. The van der Waals surface area contributed by atoms with Gasteiger partial charge in [-0.2, -0.15) is 13.2 Å². The second-order valence-electron chi connectivity index (χ2n) is 9.24. The van der Waals surface area contributed by atoms with Gasteiger partial charge in [0.2, 0.25) is 0 Å². The zero-order chi connectivity index (χ0) is 29.6. The van der Waals surface area contributed by atoms with E-state index in [1.54, 1.807) is 0 Å². The lowest BCUT2D eigenvalue weighted by atomic mass is 9.94. The van der Waals surface area contributed by atoms with Crippen molar-refractivity contribution in [3.63, 3.8) is 0 Å². The van der Waals surface area contributed by atoms with Gasteiger partial charge >= 0.3 is 6.68 Å². The molecule has 8 heteroatoms. The molecule has 39 heavy (non-hydrogen) atoms. The number of piperidine rings is 1. The van der Waals surface area contributed by atoms with Gasteiger partial charge in [0.15, 0.2) is 0 Å². The van der Waals surface area contributed by atoms with Crippen LogP contribution in [0.25, 0.3) is 5.70 Å². The lowest BCUT2D eigenvalue weighted by Gasteiger charge is -2.33. The van der Waals surface area contributed by atoms with Crippen LogP contribution >= 0.6 is 11.6 Å². The van der Waals surface area contributed by atoms with E-state index >= 15 is 0 Å². The molecular formula is C31H46ClF3N4. The van der Waals surface area contributed by atoms with Crippen LogP contribution in [0.3, 0.4) is 0 Å². The summed E-state index contributed by atoms with van der Waals surface area (Å²) in [7, 11) is 0. The van der Waals surface area contributed by atoms with Gasteiger partial charge in [-0.1, -0.05) is 71.0 Å². The average molecular weight is 567 g/mol. The largest absolute Gasteiger partial charge is 0.399 e. The molecule has 1 aliphatic carbocycles. The van der Waals surface area contributed by atoms with E-state index in [4.69, 9.17) is 22.3 Å². The van der Waals surface area contributed by atoms with Crippen LogP contribution in [0.4, 0.5) is 24.5 Å². The first-order chi connectivity index (χ1) is 18.6. The van der Waals surface area contributed by atoms with E-state index in [2.05, 4.69) is 54.9 Å².